The molecule has 3 rings (SSSR count). The van der Waals surface area contributed by atoms with Crippen LogP contribution in [0.3, 0.4) is 0 Å². The number of aliphatic carboxylic acids is 1. The molecule has 6 heteroatoms. The van der Waals surface area contributed by atoms with Gasteiger partial charge >= 0.3 is 5.97 Å². The van der Waals surface area contributed by atoms with Crippen LogP contribution in [-0.2, 0) is 4.79 Å². The second kappa shape index (κ2) is 8.56. The Hall–Kier alpha value is -2.05. The highest BCUT2D eigenvalue weighted by atomic mass is 32.1. The van der Waals surface area contributed by atoms with Crippen molar-refractivity contribution in [3.05, 3.63) is 46.2 Å². The Morgan fingerprint density at radius 3 is 2.62 bits per heavy atom. The van der Waals surface area contributed by atoms with Crippen LogP contribution in [0.15, 0.2) is 35.0 Å². The van der Waals surface area contributed by atoms with Gasteiger partial charge in [0.1, 0.15) is 0 Å². The van der Waals surface area contributed by atoms with Gasteiger partial charge in [-0.05, 0) is 72.9 Å². The number of thiophene rings is 1. The van der Waals surface area contributed by atoms with Crippen molar-refractivity contribution < 1.29 is 19.4 Å². The number of carbonyl (C=O) groups is 1. The molecule has 1 unspecified atom stereocenters. The molecule has 5 nitrogen and oxygen atoms in total. The number of methoxy groups -OCH3 is 1. The summed E-state index contributed by atoms with van der Waals surface area (Å²) < 4.78 is 11.2. The number of nitrogens with zero attached hydrogens (tertiary/aromatic N) is 1. The standard InChI is InChI=1S/C20H25NO4S/c1-3-25-18-12-15(4-5-17(18)24-2)19(16-8-11-26-13-16)21-9-6-14(7-10-21)20(22)23/h4-5,8,11-14,19H,3,6-7,9-10H2,1-2H3,(H,22,23). The zero-order valence-corrected chi connectivity index (χ0v) is 16.0. The third-order valence-electron chi connectivity index (χ3n) is 4.91. The molecule has 1 fully saturated rings. The molecule has 1 saturated heterocycles. The number of carboxylic acids is 1. The molecule has 0 amide bonds. The molecule has 0 saturated carbocycles. The van der Waals surface area contributed by atoms with E-state index in [1.165, 1.54) is 5.56 Å². The number of hydrogen-bond donors (Lipinski definition) is 1. The van der Waals surface area contributed by atoms with Gasteiger partial charge in [-0.25, -0.2) is 0 Å². The largest absolute Gasteiger partial charge is 0.493 e. The third kappa shape index (κ3) is 4.02. The summed E-state index contributed by atoms with van der Waals surface area (Å²) in [7, 11) is 1.64. The van der Waals surface area contributed by atoms with Gasteiger partial charge in [-0.15, -0.1) is 0 Å². The fourth-order valence-electron chi connectivity index (χ4n) is 3.58. The zero-order chi connectivity index (χ0) is 18.5. The van der Waals surface area contributed by atoms with Crippen molar-refractivity contribution in [2.45, 2.75) is 25.8 Å². The van der Waals surface area contributed by atoms with E-state index in [9.17, 15) is 9.90 Å². The molecule has 0 radical (unpaired) electrons. The second-order valence-corrected chi connectivity index (χ2v) is 7.23. The number of benzene rings is 1. The number of piperidine rings is 1. The van der Waals surface area contributed by atoms with Gasteiger partial charge in [-0.2, -0.15) is 11.3 Å². The summed E-state index contributed by atoms with van der Waals surface area (Å²) in [5.41, 5.74) is 2.37. The Morgan fingerprint density at radius 2 is 2.04 bits per heavy atom. The van der Waals surface area contributed by atoms with Crippen LogP contribution < -0.4 is 9.47 Å². The van der Waals surface area contributed by atoms with Crippen LogP contribution in [0.5, 0.6) is 11.5 Å². The van der Waals surface area contributed by atoms with Gasteiger partial charge in [0.15, 0.2) is 11.5 Å². The van der Waals surface area contributed by atoms with Gasteiger partial charge in [-0.3, -0.25) is 9.69 Å². The van der Waals surface area contributed by atoms with Crippen LogP contribution in [0.4, 0.5) is 0 Å². The quantitative estimate of drug-likeness (QED) is 0.791. The normalized spacial score (nSPS) is 17.0. The van der Waals surface area contributed by atoms with Crippen molar-refractivity contribution in [1.29, 1.82) is 0 Å². The number of carboxylic acid groups (broad SMARTS) is 1. The van der Waals surface area contributed by atoms with Crippen molar-refractivity contribution in [3.63, 3.8) is 0 Å². The molecule has 26 heavy (non-hydrogen) atoms. The molecule has 2 heterocycles. The summed E-state index contributed by atoms with van der Waals surface area (Å²) in [4.78, 5) is 13.6. The van der Waals surface area contributed by atoms with Crippen LogP contribution in [0.2, 0.25) is 0 Å². The lowest BCUT2D eigenvalue weighted by Crippen LogP contribution is -2.39. The molecule has 1 N–H and O–H groups in total. The zero-order valence-electron chi connectivity index (χ0n) is 15.2. The van der Waals surface area contributed by atoms with Crippen molar-refractivity contribution in [2.24, 2.45) is 5.92 Å². The lowest BCUT2D eigenvalue weighted by atomic mass is 9.92. The minimum Gasteiger partial charge on any atom is -0.493 e. The SMILES string of the molecule is CCOc1cc(C(c2ccsc2)N2CCC(C(=O)O)CC2)ccc1OC. The fraction of sp³-hybridized carbons (Fsp3) is 0.450. The molecular formula is C20H25NO4S. The molecule has 0 bridgehead atoms. The maximum Gasteiger partial charge on any atom is 0.306 e. The summed E-state index contributed by atoms with van der Waals surface area (Å²) in [6.45, 7) is 4.08. The predicted molar refractivity (Wildman–Crippen MR) is 102 cm³/mol. The maximum absolute atomic E-state index is 11.3. The first-order valence-electron chi connectivity index (χ1n) is 8.93. The average Bonchev–Trinajstić information content (AvgIpc) is 3.17. The summed E-state index contributed by atoms with van der Waals surface area (Å²) >= 11 is 1.68. The van der Waals surface area contributed by atoms with Gasteiger partial charge in [0.25, 0.3) is 0 Å². The van der Waals surface area contributed by atoms with Gasteiger partial charge in [0.05, 0.1) is 25.7 Å². The number of hydrogen-bond acceptors (Lipinski definition) is 5. The summed E-state index contributed by atoms with van der Waals surface area (Å²) in [6.07, 6.45) is 1.37. The van der Waals surface area contributed by atoms with E-state index >= 15 is 0 Å². The minimum absolute atomic E-state index is 0.0982. The van der Waals surface area contributed by atoms with Crippen molar-refractivity contribution in [3.8, 4) is 11.5 Å². The molecule has 0 spiro atoms. The van der Waals surface area contributed by atoms with E-state index in [1.807, 2.05) is 19.1 Å². The van der Waals surface area contributed by atoms with Gasteiger partial charge in [-0.1, -0.05) is 6.07 Å². The first-order valence-corrected chi connectivity index (χ1v) is 9.88. The molecule has 1 aromatic heterocycles. The highest BCUT2D eigenvalue weighted by Gasteiger charge is 2.30. The van der Waals surface area contributed by atoms with E-state index in [4.69, 9.17) is 9.47 Å². The van der Waals surface area contributed by atoms with Gasteiger partial charge < -0.3 is 14.6 Å². The van der Waals surface area contributed by atoms with E-state index in [0.717, 1.165) is 30.2 Å². The summed E-state index contributed by atoms with van der Waals surface area (Å²) in [5, 5.41) is 13.5. The number of likely N-dealkylation sites (tertiary alicyclic amines) is 1. The van der Waals surface area contributed by atoms with Gasteiger partial charge in [0, 0.05) is 0 Å². The van der Waals surface area contributed by atoms with Crippen molar-refractivity contribution in [1.82, 2.24) is 4.90 Å². The maximum atomic E-state index is 11.3. The molecule has 1 atom stereocenters. The van der Waals surface area contributed by atoms with E-state index in [2.05, 4.69) is 27.8 Å². The lowest BCUT2D eigenvalue weighted by Gasteiger charge is -2.36. The van der Waals surface area contributed by atoms with Crippen molar-refractivity contribution in [2.75, 3.05) is 26.8 Å². The van der Waals surface area contributed by atoms with Gasteiger partial charge in [0.2, 0.25) is 0 Å². The second-order valence-electron chi connectivity index (χ2n) is 6.45. The van der Waals surface area contributed by atoms with E-state index in [-0.39, 0.29) is 12.0 Å². The van der Waals surface area contributed by atoms with Crippen molar-refractivity contribution >= 4 is 17.3 Å². The molecular weight excluding hydrogens is 350 g/mol. The molecule has 1 aliphatic heterocycles. The highest BCUT2D eigenvalue weighted by molar-refractivity contribution is 7.08. The van der Waals surface area contributed by atoms with Crippen LogP contribution in [0.25, 0.3) is 0 Å². The Kier molecular flexibility index (Phi) is 6.16. The van der Waals surface area contributed by atoms with E-state index in [1.54, 1.807) is 18.4 Å². The Balaban J connectivity index is 1.91. The minimum atomic E-state index is -0.681. The van der Waals surface area contributed by atoms with Crippen LogP contribution in [0, 0.1) is 5.92 Å². The summed E-state index contributed by atoms with van der Waals surface area (Å²) in [5.74, 6) is 0.557. The van der Waals surface area contributed by atoms with Crippen LogP contribution >= 0.6 is 11.3 Å². The van der Waals surface area contributed by atoms with E-state index < -0.39 is 5.97 Å². The molecule has 1 aliphatic rings. The van der Waals surface area contributed by atoms with E-state index in [0.29, 0.717) is 19.4 Å². The third-order valence-corrected chi connectivity index (χ3v) is 5.61. The first-order chi connectivity index (χ1) is 12.6. The molecule has 2 aromatic rings. The topological polar surface area (TPSA) is 59.0 Å². The smallest absolute Gasteiger partial charge is 0.306 e. The average molecular weight is 375 g/mol. The number of rotatable bonds is 7. The highest BCUT2D eigenvalue weighted by Crippen LogP contribution is 2.37. The Labute approximate surface area is 158 Å². The Morgan fingerprint density at radius 1 is 1.27 bits per heavy atom. The predicted octanol–water partition coefficient (Wildman–Crippen LogP) is 4.04. The number of ether oxygens (including phenoxy) is 2. The molecule has 1 aromatic carbocycles. The Bertz CT molecular complexity index is 723. The first kappa shape index (κ1) is 18.7. The fourth-order valence-corrected chi connectivity index (χ4v) is 4.26. The lowest BCUT2D eigenvalue weighted by molar-refractivity contribution is -0.143. The monoisotopic (exact) mass is 375 g/mol. The summed E-state index contributed by atoms with van der Waals surface area (Å²) in [6, 6.07) is 8.31. The van der Waals surface area contributed by atoms with Crippen LogP contribution in [0.1, 0.15) is 36.9 Å². The molecule has 140 valence electrons. The molecule has 0 aliphatic carbocycles. The van der Waals surface area contributed by atoms with Crippen LogP contribution in [-0.4, -0.2) is 42.8 Å².